The Balaban J connectivity index is 1.05. The van der Waals surface area contributed by atoms with E-state index in [1.54, 1.807) is 11.3 Å². The van der Waals surface area contributed by atoms with Crippen molar-refractivity contribution in [3.8, 4) is 67.4 Å². The summed E-state index contributed by atoms with van der Waals surface area (Å²) in [7, 11) is 0. The average molecular weight is 1150 g/mol. The predicted octanol–water partition coefficient (Wildman–Crippen LogP) is 21.2. The van der Waals surface area contributed by atoms with Crippen LogP contribution in [-0.2, 0) is 4.79 Å². The zero-order valence-corrected chi connectivity index (χ0v) is 50.4. The topological polar surface area (TPSA) is 106 Å². The summed E-state index contributed by atoms with van der Waals surface area (Å²) in [5.41, 5.74) is 11.1. The van der Waals surface area contributed by atoms with Crippen LogP contribution in [-0.4, -0.2) is 42.1 Å². The van der Waals surface area contributed by atoms with E-state index in [1.165, 1.54) is 62.4 Å². The van der Waals surface area contributed by atoms with Gasteiger partial charge >= 0.3 is 5.97 Å². The third kappa shape index (κ3) is 15.7. The Hall–Kier alpha value is -7.78. The molecule has 6 aromatic carbocycles. The molecule has 0 radical (unpaired) electrons. The first kappa shape index (κ1) is 59.8. The van der Waals surface area contributed by atoms with E-state index in [0.29, 0.717) is 18.1 Å². The first-order valence-corrected chi connectivity index (χ1v) is 31.8. The molecule has 0 atom stereocenters. The van der Waals surface area contributed by atoms with Crippen LogP contribution in [0.1, 0.15) is 135 Å². The molecule has 0 fully saturated rings. The summed E-state index contributed by atoms with van der Waals surface area (Å²) in [5.74, 6) is 2.03. The molecule has 0 spiro atoms. The zero-order chi connectivity index (χ0) is 57.8. The maximum absolute atomic E-state index is 12.1. The molecule has 9 rings (SSSR count). The first-order chi connectivity index (χ1) is 40.8. The zero-order valence-electron chi connectivity index (χ0n) is 48.8. The molecule has 430 valence electrons. The number of nitrogens with zero attached hydrogens (tertiary/aromatic N) is 3. The number of aliphatic carboxylic acids is 1. The number of unbranched alkanes of at least 4 members (excludes halogenated alkanes) is 12. The standard InChI is InChI=1S/C72H79N3O6S2/c1-5-9-13-17-43-78-61-37-27-54(28-38-61)52-21-31-58(32-22-52)74(59-33-23-53(24-34-59)55-29-39-62(40-30-55)79-44-18-14-10-6-2)60-35-25-56(26-36-60)69-50-67-71(83-69)70-66(49-64(82-70)47-57(51-73)72(76)77)75(67)65-42-41-63(80-45-19-15-11-7-3)48-68(65)81-46-20-16-12-8-4/h21-42,47-50H,5-20,43-46H2,1-4H3,(H,76,77)/b57-47-. The SMILES string of the molecule is CCCCCCOc1ccc(-c2ccc(N(c3ccc(-c4ccc(OCCCCCC)cc4)cc3)c3ccc(-c4cc5c(s4)c4sc(/C=C(/C#N)C(=O)O)cc4n5-c4ccc(OCCCCCC)cc4OCCCCCC)cc3)cc2)cc1. The molecule has 3 aromatic heterocycles. The Morgan fingerprint density at radius 2 is 0.880 bits per heavy atom. The number of hydrogen-bond donors (Lipinski definition) is 1. The fourth-order valence-electron chi connectivity index (χ4n) is 10.4. The van der Waals surface area contributed by atoms with Crippen LogP contribution >= 0.6 is 22.7 Å². The minimum absolute atomic E-state index is 0.311. The van der Waals surface area contributed by atoms with E-state index in [1.807, 2.05) is 24.3 Å². The number of carboxylic acids is 1. The van der Waals surface area contributed by atoms with Gasteiger partial charge in [-0.25, -0.2) is 4.79 Å². The summed E-state index contributed by atoms with van der Waals surface area (Å²) in [6, 6.07) is 55.4. The smallest absolute Gasteiger partial charge is 0.346 e. The van der Waals surface area contributed by atoms with Crippen molar-refractivity contribution in [2.24, 2.45) is 0 Å². The van der Waals surface area contributed by atoms with Crippen molar-refractivity contribution in [1.82, 2.24) is 4.57 Å². The van der Waals surface area contributed by atoms with Gasteiger partial charge in [0.05, 0.1) is 52.5 Å². The second-order valence-corrected chi connectivity index (χ2v) is 23.4. The number of anilines is 3. The van der Waals surface area contributed by atoms with Crippen molar-refractivity contribution < 1.29 is 28.8 Å². The minimum Gasteiger partial charge on any atom is -0.494 e. The number of carbonyl (C=O) groups is 1. The van der Waals surface area contributed by atoms with Crippen molar-refractivity contribution in [3.05, 3.63) is 162 Å². The van der Waals surface area contributed by atoms with E-state index < -0.39 is 5.97 Å². The van der Waals surface area contributed by atoms with Gasteiger partial charge in [-0.15, -0.1) is 22.7 Å². The molecule has 0 bridgehead atoms. The van der Waals surface area contributed by atoms with Gasteiger partial charge in [0.25, 0.3) is 0 Å². The van der Waals surface area contributed by atoms with Gasteiger partial charge in [0.1, 0.15) is 34.6 Å². The Morgan fingerprint density at radius 3 is 1.33 bits per heavy atom. The maximum Gasteiger partial charge on any atom is 0.346 e. The van der Waals surface area contributed by atoms with Crippen LogP contribution in [0.4, 0.5) is 17.1 Å². The lowest BCUT2D eigenvalue weighted by Crippen LogP contribution is -2.09. The molecule has 83 heavy (non-hydrogen) atoms. The fourth-order valence-corrected chi connectivity index (χ4v) is 12.8. The summed E-state index contributed by atoms with van der Waals surface area (Å²) >= 11 is 3.20. The number of ether oxygens (including phenoxy) is 4. The number of hydrogen-bond acceptors (Lipinski definition) is 9. The molecule has 0 unspecified atom stereocenters. The molecule has 3 heterocycles. The van der Waals surface area contributed by atoms with Gasteiger partial charge in [0.2, 0.25) is 0 Å². The molecule has 0 aliphatic heterocycles. The number of thiophene rings is 2. The first-order valence-electron chi connectivity index (χ1n) is 30.2. The van der Waals surface area contributed by atoms with Gasteiger partial charge in [-0.05, 0) is 145 Å². The summed E-state index contributed by atoms with van der Waals surface area (Å²) in [4.78, 5) is 16.1. The second-order valence-electron chi connectivity index (χ2n) is 21.3. The molecule has 1 N–H and O–H groups in total. The monoisotopic (exact) mass is 1150 g/mol. The molecule has 0 aliphatic rings. The van der Waals surface area contributed by atoms with Crippen molar-refractivity contribution >= 4 is 72.2 Å². The van der Waals surface area contributed by atoms with Gasteiger partial charge < -0.3 is 33.5 Å². The molecular formula is C72H79N3O6S2. The highest BCUT2D eigenvalue weighted by Crippen LogP contribution is 2.47. The molecule has 0 aliphatic carbocycles. The van der Waals surface area contributed by atoms with E-state index in [4.69, 9.17) is 18.9 Å². The van der Waals surface area contributed by atoms with Crippen LogP contribution in [0.2, 0.25) is 0 Å². The summed E-state index contributed by atoms with van der Waals surface area (Å²) in [6.07, 6.45) is 19.6. The Kier molecular flexibility index (Phi) is 22.0. The second kappa shape index (κ2) is 30.5. The number of aromatic nitrogens is 1. The lowest BCUT2D eigenvalue weighted by molar-refractivity contribution is -0.132. The number of benzene rings is 6. The molecule has 0 saturated carbocycles. The van der Waals surface area contributed by atoms with E-state index in [0.717, 1.165) is 170 Å². The van der Waals surface area contributed by atoms with Crippen LogP contribution in [0.25, 0.3) is 64.9 Å². The minimum atomic E-state index is -1.25. The molecule has 0 amide bonds. The largest absolute Gasteiger partial charge is 0.494 e. The number of fused-ring (bicyclic) bond motifs is 3. The molecule has 9 aromatic rings. The molecule has 0 saturated heterocycles. The lowest BCUT2D eigenvalue weighted by Gasteiger charge is -2.26. The maximum atomic E-state index is 12.1. The normalized spacial score (nSPS) is 11.5. The van der Waals surface area contributed by atoms with Gasteiger partial charge in [-0.2, -0.15) is 5.26 Å². The van der Waals surface area contributed by atoms with Crippen molar-refractivity contribution in [1.29, 1.82) is 5.26 Å². The van der Waals surface area contributed by atoms with Gasteiger partial charge in [-0.3, -0.25) is 0 Å². The molecular weight excluding hydrogens is 1070 g/mol. The third-order valence-electron chi connectivity index (χ3n) is 15.0. The predicted molar refractivity (Wildman–Crippen MR) is 347 cm³/mol. The van der Waals surface area contributed by atoms with Crippen molar-refractivity contribution in [2.75, 3.05) is 31.3 Å². The van der Waals surface area contributed by atoms with Crippen molar-refractivity contribution in [2.45, 2.75) is 130 Å². The van der Waals surface area contributed by atoms with Crippen LogP contribution in [0.5, 0.6) is 23.0 Å². The highest BCUT2D eigenvalue weighted by Gasteiger charge is 2.23. The van der Waals surface area contributed by atoms with E-state index in [-0.39, 0.29) is 5.57 Å². The van der Waals surface area contributed by atoms with Crippen LogP contribution in [0.3, 0.4) is 0 Å². The Labute approximate surface area is 499 Å². The van der Waals surface area contributed by atoms with Gasteiger partial charge in [0, 0.05) is 32.9 Å². The fraction of sp³-hybridized carbons (Fsp3) is 0.333. The Bertz CT molecular complexity index is 3450. The van der Waals surface area contributed by atoms with Gasteiger partial charge in [-0.1, -0.05) is 165 Å². The Morgan fingerprint density at radius 1 is 0.482 bits per heavy atom. The number of nitriles is 1. The van der Waals surface area contributed by atoms with Crippen LogP contribution in [0.15, 0.2) is 157 Å². The lowest BCUT2D eigenvalue weighted by atomic mass is 10.0. The van der Waals surface area contributed by atoms with Crippen LogP contribution < -0.4 is 23.8 Å². The van der Waals surface area contributed by atoms with Gasteiger partial charge in [0.15, 0.2) is 0 Å². The van der Waals surface area contributed by atoms with Crippen molar-refractivity contribution in [3.63, 3.8) is 0 Å². The summed E-state index contributed by atoms with van der Waals surface area (Å²) in [5, 5.41) is 19.6. The molecule has 9 nitrogen and oxygen atoms in total. The summed E-state index contributed by atoms with van der Waals surface area (Å²) < 4.78 is 29.4. The van der Waals surface area contributed by atoms with E-state index in [9.17, 15) is 15.2 Å². The molecule has 11 heteroatoms. The van der Waals surface area contributed by atoms with E-state index >= 15 is 0 Å². The highest BCUT2D eigenvalue weighted by molar-refractivity contribution is 7.29. The number of carboxylic acid groups (broad SMARTS) is 1. The van der Waals surface area contributed by atoms with Crippen LogP contribution in [0, 0.1) is 11.3 Å². The average Bonchev–Trinajstić information content (AvgIpc) is 3.45. The quantitative estimate of drug-likeness (QED) is 0.0246. The third-order valence-corrected chi connectivity index (χ3v) is 17.4. The summed E-state index contributed by atoms with van der Waals surface area (Å²) in [6.45, 7) is 11.6. The van der Waals surface area contributed by atoms with E-state index in [2.05, 4.69) is 171 Å². The highest BCUT2D eigenvalue weighted by atomic mass is 32.1. The number of rotatable bonds is 33.